The second-order valence-corrected chi connectivity index (χ2v) is 6.42. The van der Waals surface area contributed by atoms with E-state index in [0.717, 1.165) is 0 Å². The standard InChI is InChI=1S/C13H22F3N3O3/c1-11(2,3)22-10(21)19-6-4-5-12(8-19,9(17)20)18-7-13(14,15)16/h18H,4-8H2,1-3H3,(H2,17,20). The molecule has 0 aromatic carbocycles. The van der Waals surface area contributed by atoms with Crippen LogP contribution in [0.5, 0.6) is 0 Å². The van der Waals surface area contributed by atoms with Gasteiger partial charge < -0.3 is 15.4 Å². The number of hydrogen-bond acceptors (Lipinski definition) is 4. The van der Waals surface area contributed by atoms with E-state index in [0.29, 0.717) is 13.0 Å². The number of nitrogens with zero attached hydrogens (tertiary/aromatic N) is 1. The van der Waals surface area contributed by atoms with Gasteiger partial charge in [-0.2, -0.15) is 13.2 Å². The highest BCUT2D eigenvalue weighted by Gasteiger charge is 2.45. The van der Waals surface area contributed by atoms with Gasteiger partial charge in [0.25, 0.3) is 0 Å². The molecule has 1 heterocycles. The molecule has 1 fully saturated rings. The smallest absolute Gasteiger partial charge is 0.410 e. The first-order valence-electron chi connectivity index (χ1n) is 6.94. The lowest BCUT2D eigenvalue weighted by Gasteiger charge is -2.41. The van der Waals surface area contributed by atoms with Crippen molar-refractivity contribution in [3.05, 3.63) is 0 Å². The molecule has 1 unspecified atom stereocenters. The van der Waals surface area contributed by atoms with Crippen molar-refractivity contribution in [1.82, 2.24) is 10.2 Å². The van der Waals surface area contributed by atoms with Crippen molar-refractivity contribution in [2.45, 2.75) is 50.9 Å². The Labute approximate surface area is 127 Å². The van der Waals surface area contributed by atoms with Crippen molar-refractivity contribution >= 4 is 12.0 Å². The van der Waals surface area contributed by atoms with Crippen molar-refractivity contribution in [1.29, 1.82) is 0 Å². The number of rotatable bonds is 3. The lowest BCUT2D eigenvalue weighted by molar-refractivity contribution is -0.138. The molecule has 0 aromatic heterocycles. The predicted octanol–water partition coefficient (Wildman–Crippen LogP) is 1.39. The van der Waals surface area contributed by atoms with E-state index in [-0.39, 0.29) is 13.0 Å². The molecule has 0 aliphatic carbocycles. The van der Waals surface area contributed by atoms with Gasteiger partial charge in [0.05, 0.1) is 13.1 Å². The quantitative estimate of drug-likeness (QED) is 0.821. The molecule has 1 aliphatic heterocycles. The minimum absolute atomic E-state index is 0.137. The topological polar surface area (TPSA) is 84.7 Å². The molecule has 6 nitrogen and oxygen atoms in total. The summed E-state index contributed by atoms with van der Waals surface area (Å²) in [7, 11) is 0. The van der Waals surface area contributed by atoms with E-state index in [4.69, 9.17) is 10.5 Å². The van der Waals surface area contributed by atoms with Crippen LogP contribution >= 0.6 is 0 Å². The molecular formula is C13H22F3N3O3. The molecule has 1 saturated heterocycles. The fourth-order valence-corrected chi connectivity index (χ4v) is 2.24. The summed E-state index contributed by atoms with van der Waals surface area (Å²) >= 11 is 0. The Balaban J connectivity index is 2.83. The third kappa shape index (κ3) is 5.36. The van der Waals surface area contributed by atoms with Gasteiger partial charge in [-0.3, -0.25) is 10.1 Å². The number of carbonyl (C=O) groups is 2. The van der Waals surface area contributed by atoms with E-state index in [9.17, 15) is 22.8 Å². The third-order valence-electron chi connectivity index (χ3n) is 3.24. The van der Waals surface area contributed by atoms with Gasteiger partial charge in [-0.15, -0.1) is 0 Å². The van der Waals surface area contributed by atoms with Crippen molar-refractivity contribution in [3.8, 4) is 0 Å². The molecule has 1 atom stereocenters. The molecular weight excluding hydrogens is 303 g/mol. The zero-order valence-electron chi connectivity index (χ0n) is 12.9. The second kappa shape index (κ2) is 6.31. The first-order valence-corrected chi connectivity index (χ1v) is 6.94. The van der Waals surface area contributed by atoms with Crippen LogP contribution in [0.4, 0.5) is 18.0 Å². The number of likely N-dealkylation sites (tertiary alicyclic amines) is 1. The van der Waals surface area contributed by atoms with Gasteiger partial charge in [0.15, 0.2) is 0 Å². The molecule has 0 radical (unpaired) electrons. The monoisotopic (exact) mass is 325 g/mol. The van der Waals surface area contributed by atoms with E-state index in [1.807, 2.05) is 0 Å². The summed E-state index contributed by atoms with van der Waals surface area (Å²) in [5, 5.41) is 2.17. The maximum absolute atomic E-state index is 12.4. The Hall–Kier alpha value is -1.51. The van der Waals surface area contributed by atoms with Gasteiger partial charge in [-0.25, -0.2) is 4.79 Å². The van der Waals surface area contributed by atoms with Crippen molar-refractivity contribution < 1.29 is 27.5 Å². The highest BCUT2D eigenvalue weighted by atomic mass is 19.4. The van der Waals surface area contributed by atoms with Gasteiger partial charge in [0.2, 0.25) is 5.91 Å². The molecule has 2 amide bonds. The van der Waals surface area contributed by atoms with Gasteiger partial charge in [0.1, 0.15) is 11.1 Å². The van der Waals surface area contributed by atoms with Crippen LogP contribution in [0.15, 0.2) is 0 Å². The van der Waals surface area contributed by atoms with E-state index < -0.39 is 35.9 Å². The molecule has 0 bridgehead atoms. The number of ether oxygens (including phenoxy) is 1. The van der Waals surface area contributed by atoms with Crippen LogP contribution in [0, 0.1) is 0 Å². The molecule has 0 spiro atoms. The van der Waals surface area contributed by atoms with Gasteiger partial charge in [-0.1, -0.05) is 0 Å². The Morgan fingerprint density at radius 1 is 1.32 bits per heavy atom. The lowest BCUT2D eigenvalue weighted by Crippen LogP contribution is -2.66. The molecule has 3 N–H and O–H groups in total. The van der Waals surface area contributed by atoms with E-state index >= 15 is 0 Å². The van der Waals surface area contributed by atoms with Crippen LogP contribution in [0.25, 0.3) is 0 Å². The molecule has 1 aliphatic rings. The third-order valence-corrected chi connectivity index (χ3v) is 3.24. The number of nitrogens with one attached hydrogen (secondary N) is 1. The summed E-state index contributed by atoms with van der Waals surface area (Å²) in [6.07, 6.45) is -4.66. The van der Waals surface area contributed by atoms with Crippen molar-refractivity contribution in [3.63, 3.8) is 0 Å². The number of amides is 2. The van der Waals surface area contributed by atoms with Crippen molar-refractivity contribution in [2.24, 2.45) is 5.73 Å². The SMILES string of the molecule is CC(C)(C)OC(=O)N1CCCC(NCC(F)(F)F)(C(N)=O)C1. The number of hydrogen-bond donors (Lipinski definition) is 2. The summed E-state index contributed by atoms with van der Waals surface area (Å²) < 4.78 is 42.4. The van der Waals surface area contributed by atoms with Crippen LogP contribution in [-0.4, -0.2) is 53.9 Å². The number of piperidine rings is 1. The first-order chi connectivity index (χ1) is 9.85. The van der Waals surface area contributed by atoms with E-state index in [1.54, 1.807) is 20.8 Å². The van der Waals surface area contributed by atoms with Crippen LogP contribution in [0.2, 0.25) is 0 Å². The Kier molecular flexibility index (Phi) is 5.32. The summed E-state index contributed by atoms with van der Waals surface area (Å²) in [5.41, 5.74) is 2.95. The van der Waals surface area contributed by atoms with Gasteiger partial charge in [-0.05, 0) is 33.6 Å². The molecule has 1 rings (SSSR count). The number of primary amides is 1. The molecule has 0 saturated carbocycles. The highest BCUT2D eigenvalue weighted by Crippen LogP contribution is 2.24. The summed E-state index contributed by atoms with van der Waals surface area (Å²) in [6, 6.07) is 0. The van der Waals surface area contributed by atoms with Crippen LogP contribution < -0.4 is 11.1 Å². The fourth-order valence-electron chi connectivity index (χ4n) is 2.24. The zero-order chi connectivity index (χ0) is 17.2. The first kappa shape index (κ1) is 18.5. The Bertz CT molecular complexity index is 434. The minimum atomic E-state index is -4.48. The average Bonchev–Trinajstić information content (AvgIpc) is 2.33. The number of alkyl halides is 3. The number of carbonyl (C=O) groups excluding carboxylic acids is 2. The van der Waals surface area contributed by atoms with Crippen LogP contribution in [0.1, 0.15) is 33.6 Å². The van der Waals surface area contributed by atoms with E-state index in [1.165, 1.54) is 4.90 Å². The average molecular weight is 325 g/mol. The maximum Gasteiger partial charge on any atom is 0.410 e. The molecule has 22 heavy (non-hydrogen) atoms. The van der Waals surface area contributed by atoms with Crippen LogP contribution in [-0.2, 0) is 9.53 Å². The summed E-state index contributed by atoms with van der Waals surface area (Å²) in [4.78, 5) is 24.9. The van der Waals surface area contributed by atoms with Gasteiger partial charge >= 0.3 is 12.3 Å². The minimum Gasteiger partial charge on any atom is -0.444 e. The van der Waals surface area contributed by atoms with E-state index in [2.05, 4.69) is 5.32 Å². The molecule has 128 valence electrons. The maximum atomic E-state index is 12.4. The normalized spacial score (nSPS) is 23.3. The number of halogens is 3. The Morgan fingerprint density at radius 3 is 2.36 bits per heavy atom. The summed E-state index contributed by atoms with van der Waals surface area (Å²) in [5.74, 6) is -0.912. The summed E-state index contributed by atoms with van der Waals surface area (Å²) in [6.45, 7) is 3.75. The Morgan fingerprint density at radius 2 is 1.91 bits per heavy atom. The molecule has 0 aromatic rings. The number of nitrogens with two attached hydrogens (primary N) is 1. The zero-order valence-corrected chi connectivity index (χ0v) is 12.9. The fraction of sp³-hybridized carbons (Fsp3) is 0.846. The largest absolute Gasteiger partial charge is 0.444 e. The molecule has 9 heteroatoms. The predicted molar refractivity (Wildman–Crippen MR) is 73.0 cm³/mol. The van der Waals surface area contributed by atoms with Gasteiger partial charge in [0, 0.05) is 6.54 Å². The lowest BCUT2D eigenvalue weighted by atomic mass is 9.88. The second-order valence-electron chi connectivity index (χ2n) is 6.42. The van der Waals surface area contributed by atoms with Crippen molar-refractivity contribution in [2.75, 3.05) is 19.6 Å². The van der Waals surface area contributed by atoms with Crippen LogP contribution in [0.3, 0.4) is 0 Å². The highest BCUT2D eigenvalue weighted by molar-refractivity contribution is 5.86.